The van der Waals surface area contributed by atoms with Gasteiger partial charge in [-0.15, -0.1) is 0 Å². The Morgan fingerprint density at radius 3 is 2.83 bits per heavy atom. The van der Waals surface area contributed by atoms with E-state index < -0.39 is 0 Å². The van der Waals surface area contributed by atoms with E-state index in [1.165, 1.54) is 0 Å². The summed E-state index contributed by atoms with van der Waals surface area (Å²) in [6.07, 6.45) is 0.830. The van der Waals surface area contributed by atoms with Crippen molar-refractivity contribution in [2.45, 2.75) is 13.0 Å². The Labute approximate surface area is 137 Å². The van der Waals surface area contributed by atoms with E-state index in [0.29, 0.717) is 26.2 Å². The number of carbonyl (C=O) groups is 1. The standard InChI is InChI=1S/C17H26N4O2/c1-21-10-7-16(19-9-8-18)15(12-21)17(22)20-11-13-3-5-14(23-2)6-4-13/h3-6,15H,7-12,18H2,1-2H3,(H,20,22). The fraction of sp³-hybridized carbons (Fsp3) is 0.529. The molecule has 1 aromatic rings. The molecule has 2 rings (SSSR count). The highest BCUT2D eigenvalue weighted by Crippen LogP contribution is 2.15. The van der Waals surface area contributed by atoms with Crippen LogP contribution in [-0.2, 0) is 11.3 Å². The van der Waals surface area contributed by atoms with Gasteiger partial charge in [0.25, 0.3) is 0 Å². The number of nitrogens with zero attached hydrogens (tertiary/aromatic N) is 2. The molecule has 1 amide bonds. The number of nitrogens with one attached hydrogen (secondary N) is 1. The summed E-state index contributed by atoms with van der Waals surface area (Å²) in [7, 11) is 3.67. The number of carbonyl (C=O) groups excluding carboxylic acids is 1. The van der Waals surface area contributed by atoms with Crippen molar-refractivity contribution < 1.29 is 9.53 Å². The van der Waals surface area contributed by atoms with Gasteiger partial charge in [0.15, 0.2) is 0 Å². The van der Waals surface area contributed by atoms with E-state index in [1.54, 1.807) is 7.11 Å². The minimum Gasteiger partial charge on any atom is -0.497 e. The Morgan fingerprint density at radius 1 is 1.43 bits per heavy atom. The summed E-state index contributed by atoms with van der Waals surface area (Å²) in [6, 6.07) is 7.69. The number of nitrogens with two attached hydrogens (primary N) is 1. The summed E-state index contributed by atoms with van der Waals surface area (Å²) in [4.78, 5) is 19.2. The molecule has 0 spiro atoms. The second-order valence-corrected chi connectivity index (χ2v) is 5.79. The van der Waals surface area contributed by atoms with Crippen LogP contribution in [0.1, 0.15) is 12.0 Å². The van der Waals surface area contributed by atoms with E-state index in [1.807, 2.05) is 31.3 Å². The first-order valence-electron chi connectivity index (χ1n) is 7.96. The van der Waals surface area contributed by atoms with Crippen LogP contribution in [0.25, 0.3) is 0 Å². The fourth-order valence-corrected chi connectivity index (χ4v) is 2.68. The van der Waals surface area contributed by atoms with E-state index in [2.05, 4.69) is 15.2 Å². The molecule has 1 aliphatic heterocycles. The summed E-state index contributed by atoms with van der Waals surface area (Å²) < 4.78 is 5.13. The average Bonchev–Trinajstić information content (AvgIpc) is 2.59. The molecule has 1 unspecified atom stereocenters. The molecule has 1 aromatic carbocycles. The van der Waals surface area contributed by atoms with Crippen LogP contribution in [0.2, 0.25) is 0 Å². The molecule has 0 saturated carbocycles. The van der Waals surface area contributed by atoms with Gasteiger partial charge in [-0.3, -0.25) is 9.79 Å². The molecule has 0 radical (unpaired) electrons. The zero-order chi connectivity index (χ0) is 16.7. The monoisotopic (exact) mass is 318 g/mol. The number of amides is 1. The Morgan fingerprint density at radius 2 is 2.17 bits per heavy atom. The third kappa shape index (κ3) is 5.04. The molecule has 1 saturated heterocycles. The highest BCUT2D eigenvalue weighted by atomic mass is 16.5. The van der Waals surface area contributed by atoms with Crippen LogP contribution in [0.5, 0.6) is 5.75 Å². The van der Waals surface area contributed by atoms with Gasteiger partial charge in [-0.05, 0) is 31.2 Å². The van der Waals surface area contributed by atoms with E-state index in [4.69, 9.17) is 10.5 Å². The van der Waals surface area contributed by atoms with Crippen molar-refractivity contribution in [3.8, 4) is 5.75 Å². The lowest BCUT2D eigenvalue weighted by molar-refractivity contribution is -0.123. The summed E-state index contributed by atoms with van der Waals surface area (Å²) in [5.74, 6) is 0.659. The SMILES string of the molecule is COc1ccc(CNC(=O)C2CN(C)CCC2=NCCN)cc1. The van der Waals surface area contributed by atoms with Crippen LogP contribution < -0.4 is 15.8 Å². The Balaban J connectivity index is 1.95. The highest BCUT2D eigenvalue weighted by molar-refractivity contribution is 6.05. The van der Waals surface area contributed by atoms with E-state index >= 15 is 0 Å². The number of hydrogen-bond acceptors (Lipinski definition) is 5. The molecule has 126 valence electrons. The molecule has 6 heteroatoms. The van der Waals surface area contributed by atoms with Crippen molar-refractivity contribution in [3.05, 3.63) is 29.8 Å². The zero-order valence-corrected chi connectivity index (χ0v) is 13.9. The van der Waals surface area contributed by atoms with Gasteiger partial charge in [0, 0.05) is 31.9 Å². The van der Waals surface area contributed by atoms with Crippen molar-refractivity contribution in [1.82, 2.24) is 10.2 Å². The summed E-state index contributed by atoms with van der Waals surface area (Å²) >= 11 is 0. The minimum atomic E-state index is -0.182. The van der Waals surface area contributed by atoms with Gasteiger partial charge in [-0.25, -0.2) is 0 Å². The van der Waals surface area contributed by atoms with Gasteiger partial charge < -0.3 is 20.7 Å². The maximum Gasteiger partial charge on any atom is 0.230 e. The van der Waals surface area contributed by atoms with Crippen LogP contribution in [0.4, 0.5) is 0 Å². The molecule has 1 aliphatic rings. The van der Waals surface area contributed by atoms with Crippen molar-refractivity contribution in [1.29, 1.82) is 0 Å². The maximum absolute atomic E-state index is 12.5. The van der Waals surface area contributed by atoms with E-state index in [-0.39, 0.29) is 11.8 Å². The van der Waals surface area contributed by atoms with Gasteiger partial charge in [0.1, 0.15) is 5.75 Å². The molecular formula is C17H26N4O2. The molecule has 0 aromatic heterocycles. The molecule has 0 aliphatic carbocycles. The largest absolute Gasteiger partial charge is 0.497 e. The number of likely N-dealkylation sites (tertiary alicyclic amines) is 1. The van der Waals surface area contributed by atoms with Gasteiger partial charge in [0.2, 0.25) is 5.91 Å². The van der Waals surface area contributed by atoms with Crippen LogP contribution in [0.3, 0.4) is 0 Å². The van der Waals surface area contributed by atoms with Crippen molar-refractivity contribution in [2.75, 3.05) is 40.3 Å². The predicted molar refractivity (Wildman–Crippen MR) is 91.8 cm³/mol. The van der Waals surface area contributed by atoms with Crippen molar-refractivity contribution >= 4 is 11.6 Å². The zero-order valence-electron chi connectivity index (χ0n) is 13.9. The molecule has 1 heterocycles. The van der Waals surface area contributed by atoms with Gasteiger partial charge >= 0.3 is 0 Å². The second-order valence-electron chi connectivity index (χ2n) is 5.79. The second kappa shape index (κ2) is 8.64. The van der Waals surface area contributed by atoms with Crippen LogP contribution in [0, 0.1) is 5.92 Å². The highest BCUT2D eigenvalue weighted by Gasteiger charge is 2.29. The first kappa shape index (κ1) is 17.4. The first-order valence-corrected chi connectivity index (χ1v) is 7.96. The summed E-state index contributed by atoms with van der Waals surface area (Å²) in [6.45, 7) is 3.25. The van der Waals surface area contributed by atoms with Gasteiger partial charge in [-0.1, -0.05) is 12.1 Å². The third-order valence-corrected chi connectivity index (χ3v) is 4.03. The van der Waals surface area contributed by atoms with E-state index in [0.717, 1.165) is 30.0 Å². The lowest BCUT2D eigenvalue weighted by Gasteiger charge is -2.30. The quantitative estimate of drug-likeness (QED) is 0.808. The molecule has 23 heavy (non-hydrogen) atoms. The number of aliphatic imine (C=N–C) groups is 1. The number of methoxy groups -OCH3 is 1. The topological polar surface area (TPSA) is 80.0 Å². The van der Waals surface area contributed by atoms with Crippen LogP contribution >= 0.6 is 0 Å². The Hall–Kier alpha value is -1.92. The number of benzene rings is 1. The minimum absolute atomic E-state index is 0.0307. The maximum atomic E-state index is 12.5. The number of ether oxygens (including phenoxy) is 1. The number of piperidine rings is 1. The lowest BCUT2D eigenvalue weighted by Crippen LogP contribution is -2.46. The normalized spacial score (nSPS) is 20.5. The molecular weight excluding hydrogens is 292 g/mol. The van der Waals surface area contributed by atoms with Crippen LogP contribution in [0.15, 0.2) is 29.3 Å². The molecule has 1 atom stereocenters. The van der Waals surface area contributed by atoms with Crippen LogP contribution in [-0.4, -0.2) is 56.9 Å². The van der Waals surface area contributed by atoms with Crippen molar-refractivity contribution in [3.63, 3.8) is 0 Å². The van der Waals surface area contributed by atoms with Gasteiger partial charge in [0.05, 0.1) is 19.6 Å². The average molecular weight is 318 g/mol. The third-order valence-electron chi connectivity index (χ3n) is 4.03. The number of rotatable bonds is 6. The molecule has 3 N–H and O–H groups in total. The summed E-state index contributed by atoms with van der Waals surface area (Å²) in [5.41, 5.74) is 7.54. The predicted octanol–water partition coefficient (Wildman–Crippen LogP) is 0.663. The van der Waals surface area contributed by atoms with E-state index in [9.17, 15) is 4.79 Å². The number of hydrogen-bond donors (Lipinski definition) is 2. The fourth-order valence-electron chi connectivity index (χ4n) is 2.68. The summed E-state index contributed by atoms with van der Waals surface area (Å²) in [5, 5.41) is 3.01. The Kier molecular flexibility index (Phi) is 6.55. The smallest absolute Gasteiger partial charge is 0.230 e. The molecule has 6 nitrogen and oxygen atoms in total. The van der Waals surface area contributed by atoms with Crippen molar-refractivity contribution in [2.24, 2.45) is 16.6 Å². The lowest BCUT2D eigenvalue weighted by atomic mass is 9.94. The Bertz CT molecular complexity index is 542. The molecule has 1 fully saturated rings. The van der Waals surface area contributed by atoms with Gasteiger partial charge in [-0.2, -0.15) is 0 Å². The first-order chi connectivity index (χ1) is 11.1. The molecule has 0 bridgehead atoms.